The number of nitrogens with zero attached hydrogens (tertiary/aromatic N) is 2. The average Bonchev–Trinajstić information content (AvgIpc) is 3.09. The molecule has 1 saturated heterocycles. The second-order valence-corrected chi connectivity index (χ2v) is 6.73. The Balaban J connectivity index is 1.57. The number of hydrogen-bond donors (Lipinski definition) is 2. The zero-order valence-corrected chi connectivity index (χ0v) is 15.1. The van der Waals surface area contributed by atoms with E-state index >= 15 is 0 Å². The molecule has 1 aromatic carbocycles. The molecule has 2 N–H and O–H groups in total. The molecule has 24 heavy (non-hydrogen) atoms. The number of benzene rings is 1. The Morgan fingerprint density at radius 3 is 2.54 bits per heavy atom. The smallest absolute Gasteiger partial charge is 0.172 e. The Morgan fingerprint density at radius 2 is 1.88 bits per heavy atom. The van der Waals surface area contributed by atoms with Gasteiger partial charge in [0.1, 0.15) is 5.82 Å². The van der Waals surface area contributed by atoms with Gasteiger partial charge in [-0.25, -0.2) is 4.98 Å². The fourth-order valence-corrected chi connectivity index (χ4v) is 3.27. The van der Waals surface area contributed by atoms with E-state index in [2.05, 4.69) is 51.7 Å². The first kappa shape index (κ1) is 16.7. The summed E-state index contributed by atoms with van der Waals surface area (Å²) in [5.74, 6) is 0.768. The Morgan fingerprint density at radius 1 is 1.17 bits per heavy atom. The van der Waals surface area contributed by atoms with Crippen LogP contribution < -0.4 is 15.5 Å². The maximum Gasteiger partial charge on any atom is 0.172 e. The molecule has 0 bridgehead atoms. The lowest BCUT2D eigenvalue weighted by atomic mass is 10.1. The summed E-state index contributed by atoms with van der Waals surface area (Å²) < 4.78 is 0. The average molecular weight is 340 g/mol. The molecule has 0 unspecified atom stereocenters. The lowest BCUT2D eigenvalue weighted by Crippen LogP contribution is -2.31. The third-order valence-electron chi connectivity index (χ3n) is 4.37. The molecule has 4 nitrogen and oxygen atoms in total. The number of rotatable bonds is 4. The summed E-state index contributed by atoms with van der Waals surface area (Å²) in [4.78, 5) is 6.71. The molecular weight excluding hydrogens is 316 g/mol. The molecule has 0 spiro atoms. The first-order chi connectivity index (χ1) is 11.6. The monoisotopic (exact) mass is 340 g/mol. The first-order valence-electron chi connectivity index (χ1n) is 8.47. The maximum atomic E-state index is 5.40. The van der Waals surface area contributed by atoms with Gasteiger partial charge in [-0.2, -0.15) is 0 Å². The Hall–Kier alpha value is -2.14. The minimum atomic E-state index is 0.141. The molecular formula is C19H24N4S. The largest absolute Gasteiger partial charge is 0.372 e. The first-order valence-corrected chi connectivity index (χ1v) is 8.88. The quantitative estimate of drug-likeness (QED) is 0.822. The van der Waals surface area contributed by atoms with Crippen LogP contribution in [0.5, 0.6) is 0 Å². The van der Waals surface area contributed by atoms with Crippen molar-refractivity contribution in [1.29, 1.82) is 0 Å². The zero-order valence-electron chi connectivity index (χ0n) is 14.2. The summed E-state index contributed by atoms with van der Waals surface area (Å²) in [7, 11) is 0. The van der Waals surface area contributed by atoms with Gasteiger partial charge in [-0.05, 0) is 74.3 Å². The van der Waals surface area contributed by atoms with Gasteiger partial charge in [0.25, 0.3) is 0 Å². The van der Waals surface area contributed by atoms with E-state index in [1.165, 1.54) is 37.2 Å². The summed E-state index contributed by atoms with van der Waals surface area (Å²) in [6.45, 7) is 6.49. The van der Waals surface area contributed by atoms with Crippen LogP contribution in [0.3, 0.4) is 0 Å². The zero-order chi connectivity index (χ0) is 16.9. The Bertz CT molecular complexity index is 693. The van der Waals surface area contributed by atoms with E-state index in [0.29, 0.717) is 5.11 Å². The van der Waals surface area contributed by atoms with Crippen LogP contribution in [0.2, 0.25) is 0 Å². The van der Waals surface area contributed by atoms with Crippen molar-refractivity contribution in [2.75, 3.05) is 23.3 Å². The van der Waals surface area contributed by atoms with Crippen molar-refractivity contribution < 1.29 is 0 Å². The molecule has 3 rings (SSSR count). The van der Waals surface area contributed by atoms with Crippen molar-refractivity contribution in [3.05, 3.63) is 53.7 Å². The Labute approximate surface area is 149 Å². The van der Waals surface area contributed by atoms with Crippen molar-refractivity contribution in [3.63, 3.8) is 0 Å². The van der Waals surface area contributed by atoms with Gasteiger partial charge in [0.05, 0.1) is 6.04 Å². The fraction of sp³-hybridized carbons (Fsp3) is 0.368. The third kappa shape index (κ3) is 4.23. The van der Waals surface area contributed by atoms with Crippen molar-refractivity contribution in [2.45, 2.75) is 32.7 Å². The molecule has 5 heteroatoms. The number of hydrogen-bond acceptors (Lipinski definition) is 3. The summed E-state index contributed by atoms with van der Waals surface area (Å²) in [5, 5.41) is 7.05. The maximum absolute atomic E-state index is 5.40. The van der Waals surface area contributed by atoms with E-state index in [9.17, 15) is 0 Å². The summed E-state index contributed by atoms with van der Waals surface area (Å²) in [6.07, 6.45) is 4.38. The standard InChI is InChI=1S/C19H24N4S/c1-14-9-10-20-18(13-14)22-19(24)21-15(2)16-5-7-17(8-6-16)23-11-3-4-12-23/h5-10,13,15H,3-4,11-12H2,1-2H3,(H2,20,21,22,24)/t15-/m0/s1. The molecule has 1 atom stereocenters. The molecule has 126 valence electrons. The van der Waals surface area contributed by atoms with Gasteiger partial charge >= 0.3 is 0 Å². The highest BCUT2D eigenvalue weighted by atomic mass is 32.1. The van der Waals surface area contributed by atoms with Crippen molar-refractivity contribution in [3.8, 4) is 0 Å². The molecule has 0 saturated carbocycles. The number of pyridine rings is 1. The second-order valence-electron chi connectivity index (χ2n) is 6.32. The van der Waals surface area contributed by atoms with Gasteiger partial charge in [-0.3, -0.25) is 0 Å². The topological polar surface area (TPSA) is 40.2 Å². The van der Waals surface area contributed by atoms with Crippen LogP contribution in [0, 0.1) is 6.92 Å². The molecule has 1 aliphatic rings. The van der Waals surface area contributed by atoms with Gasteiger partial charge in [0.2, 0.25) is 0 Å². The van der Waals surface area contributed by atoms with Crippen LogP contribution >= 0.6 is 12.2 Å². The van der Waals surface area contributed by atoms with Crippen LogP contribution in [0.1, 0.15) is 36.9 Å². The predicted molar refractivity (Wildman–Crippen MR) is 105 cm³/mol. The summed E-state index contributed by atoms with van der Waals surface area (Å²) >= 11 is 5.40. The van der Waals surface area contributed by atoms with E-state index in [4.69, 9.17) is 12.2 Å². The van der Waals surface area contributed by atoms with Crippen molar-refractivity contribution in [1.82, 2.24) is 10.3 Å². The molecule has 1 aromatic heterocycles. The van der Waals surface area contributed by atoms with E-state index in [1.807, 2.05) is 19.1 Å². The number of thiocarbonyl (C=S) groups is 1. The highest BCUT2D eigenvalue weighted by molar-refractivity contribution is 7.80. The number of aryl methyl sites for hydroxylation is 1. The molecule has 1 aliphatic heterocycles. The van der Waals surface area contributed by atoms with E-state index in [-0.39, 0.29) is 6.04 Å². The molecule has 2 aromatic rings. The lowest BCUT2D eigenvalue weighted by molar-refractivity contribution is 0.722. The fourth-order valence-electron chi connectivity index (χ4n) is 2.99. The molecule has 0 radical (unpaired) electrons. The minimum Gasteiger partial charge on any atom is -0.372 e. The molecule has 0 aliphatic carbocycles. The van der Waals surface area contributed by atoms with E-state index < -0.39 is 0 Å². The number of anilines is 2. The van der Waals surface area contributed by atoms with Crippen molar-refractivity contribution >= 4 is 28.8 Å². The predicted octanol–water partition coefficient (Wildman–Crippen LogP) is 4.04. The molecule has 0 amide bonds. The third-order valence-corrected chi connectivity index (χ3v) is 4.59. The molecule has 1 fully saturated rings. The number of nitrogens with one attached hydrogen (secondary N) is 2. The van der Waals surface area contributed by atoms with Crippen LogP contribution in [0.4, 0.5) is 11.5 Å². The lowest BCUT2D eigenvalue weighted by Gasteiger charge is -2.20. The molecule has 2 heterocycles. The Kier molecular flexibility index (Phi) is 5.30. The van der Waals surface area contributed by atoms with Gasteiger partial charge in [0.15, 0.2) is 5.11 Å². The van der Waals surface area contributed by atoms with Crippen LogP contribution in [0.25, 0.3) is 0 Å². The summed E-state index contributed by atoms with van der Waals surface area (Å²) in [6, 6.07) is 12.9. The number of aromatic nitrogens is 1. The van der Waals surface area contributed by atoms with E-state index in [1.54, 1.807) is 6.20 Å². The SMILES string of the molecule is Cc1ccnc(NC(=S)N[C@@H](C)c2ccc(N3CCCC3)cc2)c1. The van der Waals surface area contributed by atoms with Gasteiger partial charge < -0.3 is 15.5 Å². The van der Waals surface area contributed by atoms with Gasteiger partial charge in [-0.15, -0.1) is 0 Å². The second kappa shape index (κ2) is 7.62. The van der Waals surface area contributed by atoms with Gasteiger partial charge in [0, 0.05) is 25.0 Å². The highest BCUT2D eigenvalue weighted by Crippen LogP contribution is 2.22. The normalized spacial score (nSPS) is 15.2. The summed E-state index contributed by atoms with van der Waals surface area (Å²) in [5.41, 5.74) is 3.69. The van der Waals surface area contributed by atoms with Crippen LogP contribution in [-0.4, -0.2) is 23.2 Å². The van der Waals surface area contributed by atoms with Crippen LogP contribution in [-0.2, 0) is 0 Å². The minimum absolute atomic E-state index is 0.141. The van der Waals surface area contributed by atoms with Gasteiger partial charge in [-0.1, -0.05) is 12.1 Å². The van der Waals surface area contributed by atoms with Crippen molar-refractivity contribution in [2.24, 2.45) is 0 Å². The highest BCUT2D eigenvalue weighted by Gasteiger charge is 2.13. The van der Waals surface area contributed by atoms with Crippen LogP contribution in [0.15, 0.2) is 42.6 Å². The van der Waals surface area contributed by atoms with E-state index in [0.717, 1.165) is 11.4 Å².